The third-order valence-electron chi connectivity index (χ3n) is 1.52. The van der Waals surface area contributed by atoms with Crippen LogP contribution in [0.1, 0.15) is 0 Å². The molecule has 0 aliphatic carbocycles. The standard InChI is InChI=1S/C7H11FN2S/c1-2-3-9-7(11)10-4-6(8)5-10/h2,6H,1,3-5H2,(H,9,11). The van der Waals surface area contributed by atoms with E-state index in [4.69, 9.17) is 12.2 Å². The van der Waals surface area contributed by atoms with Gasteiger partial charge in [0.1, 0.15) is 6.17 Å². The Labute approximate surface area is 71.1 Å². The van der Waals surface area contributed by atoms with Crippen molar-refractivity contribution < 1.29 is 4.39 Å². The average Bonchev–Trinajstić information content (AvgIpc) is 1.94. The Morgan fingerprint density at radius 1 is 1.82 bits per heavy atom. The molecule has 0 spiro atoms. The average molecular weight is 174 g/mol. The fraction of sp³-hybridized carbons (Fsp3) is 0.571. The lowest BCUT2D eigenvalue weighted by Crippen LogP contribution is -2.54. The topological polar surface area (TPSA) is 15.3 Å². The van der Waals surface area contributed by atoms with Crippen LogP contribution in [0.25, 0.3) is 0 Å². The molecular weight excluding hydrogens is 163 g/mol. The van der Waals surface area contributed by atoms with Gasteiger partial charge in [-0.1, -0.05) is 6.08 Å². The van der Waals surface area contributed by atoms with E-state index in [1.54, 1.807) is 11.0 Å². The van der Waals surface area contributed by atoms with E-state index in [1.165, 1.54) is 0 Å². The molecule has 0 aromatic carbocycles. The second-order valence-corrected chi connectivity index (χ2v) is 2.86. The summed E-state index contributed by atoms with van der Waals surface area (Å²) in [5, 5.41) is 3.55. The van der Waals surface area contributed by atoms with Gasteiger partial charge in [0.2, 0.25) is 0 Å². The number of hydrogen-bond donors (Lipinski definition) is 1. The first-order valence-corrected chi connectivity index (χ1v) is 3.92. The highest BCUT2D eigenvalue weighted by molar-refractivity contribution is 7.80. The lowest BCUT2D eigenvalue weighted by Gasteiger charge is -2.36. The van der Waals surface area contributed by atoms with Crippen molar-refractivity contribution in [2.24, 2.45) is 0 Å². The van der Waals surface area contributed by atoms with Crippen LogP contribution in [0, 0.1) is 0 Å². The molecule has 11 heavy (non-hydrogen) atoms. The van der Waals surface area contributed by atoms with Crippen molar-refractivity contribution in [2.45, 2.75) is 6.17 Å². The molecule has 2 nitrogen and oxygen atoms in total. The molecule has 1 fully saturated rings. The van der Waals surface area contributed by atoms with Gasteiger partial charge >= 0.3 is 0 Å². The summed E-state index contributed by atoms with van der Waals surface area (Å²) in [6.45, 7) is 5.05. The van der Waals surface area contributed by atoms with E-state index in [2.05, 4.69) is 11.9 Å². The molecule has 62 valence electrons. The number of alkyl halides is 1. The Hall–Kier alpha value is -0.640. The Kier molecular flexibility index (Phi) is 2.82. The number of thiocarbonyl (C=S) groups is 1. The Morgan fingerprint density at radius 3 is 2.91 bits per heavy atom. The number of likely N-dealkylation sites (tertiary alicyclic amines) is 1. The molecule has 0 aromatic rings. The van der Waals surface area contributed by atoms with Gasteiger partial charge in [-0.05, 0) is 12.2 Å². The number of nitrogens with one attached hydrogen (secondary N) is 1. The lowest BCUT2D eigenvalue weighted by atomic mass is 10.2. The van der Waals surface area contributed by atoms with E-state index in [9.17, 15) is 4.39 Å². The van der Waals surface area contributed by atoms with Crippen molar-refractivity contribution >= 4 is 17.3 Å². The summed E-state index contributed by atoms with van der Waals surface area (Å²) in [5.74, 6) is 0. The molecule has 4 heteroatoms. The highest BCUT2D eigenvalue weighted by Gasteiger charge is 2.27. The second kappa shape index (κ2) is 3.67. The van der Waals surface area contributed by atoms with Gasteiger partial charge in [-0.15, -0.1) is 6.58 Å². The van der Waals surface area contributed by atoms with Crippen LogP contribution in [0.15, 0.2) is 12.7 Å². The molecule has 0 atom stereocenters. The normalized spacial score (nSPS) is 17.4. The van der Waals surface area contributed by atoms with Crippen LogP contribution in [-0.2, 0) is 0 Å². The highest BCUT2D eigenvalue weighted by Crippen LogP contribution is 2.10. The number of halogens is 1. The van der Waals surface area contributed by atoms with E-state index < -0.39 is 6.17 Å². The van der Waals surface area contributed by atoms with Gasteiger partial charge < -0.3 is 10.2 Å². The minimum atomic E-state index is -0.696. The van der Waals surface area contributed by atoms with Gasteiger partial charge in [0, 0.05) is 6.54 Å². The summed E-state index contributed by atoms with van der Waals surface area (Å²) in [4.78, 5) is 1.80. The number of nitrogens with zero attached hydrogens (tertiary/aromatic N) is 1. The van der Waals surface area contributed by atoms with Crippen molar-refractivity contribution in [1.29, 1.82) is 0 Å². The first-order chi connectivity index (χ1) is 5.24. The number of rotatable bonds is 2. The maximum absolute atomic E-state index is 12.3. The van der Waals surface area contributed by atoms with Gasteiger partial charge in [0.25, 0.3) is 0 Å². The molecule has 1 rings (SSSR count). The Bertz CT molecular complexity index is 166. The smallest absolute Gasteiger partial charge is 0.169 e. The third-order valence-corrected chi connectivity index (χ3v) is 1.92. The van der Waals surface area contributed by atoms with Crippen molar-refractivity contribution in [1.82, 2.24) is 10.2 Å². The Morgan fingerprint density at radius 2 is 2.45 bits per heavy atom. The van der Waals surface area contributed by atoms with Crippen LogP contribution in [-0.4, -0.2) is 35.8 Å². The summed E-state index contributed by atoms with van der Waals surface area (Å²) in [7, 11) is 0. The monoisotopic (exact) mass is 174 g/mol. The zero-order valence-electron chi connectivity index (χ0n) is 6.22. The predicted molar refractivity (Wildman–Crippen MR) is 47.3 cm³/mol. The molecule has 0 bridgehead atoms. The van der Waals surface area contributed by atoms with Gasteiger partial charge in [-0.25, -0.2) is 4.39 Å². The maximum atomic E-state index is 12.3. The zero-order chi connectivity index (χ0) is 8.27. The van der Waals surface area contributed by atoms with Crippen LogP contribution in [0.2, 0.25) is 0 Å². The molecule has 1 heterocycles. The second-order valence-electron chi connectivity index (χ2n) is 2.48. The fourth-order valence-corrected chi connectivity index (χ4v) is 1.09. The molecule has 0 amide bonds. The molecule has 1 N–H and O–H groups in total. The van der Waals surface area contributed by atoms with Crippen LogP contribution >= 0.6 is 12.2 Å². The first-order valence-electron chi connectivity index (χ1n) is 3.51. The molecule has 0 aromatic heterocycles. The summed E-state index contributed by atoms with van der Waals surface area (Å²) in [6.07, 6.45) is 1.03. The first kappa shape index (κ1) is 8.46. The van der Waals surface area contributed by atoms with E-state index in [0.717, 1.165) is 0 Å². The van der Waals surface area contributed by atoms with Crippen molar-refractivity contribution in [3.8, 4) is 0 Å². The SMILES string of the molecule is C=CCNC(=S)N1CC(F)C1. The summed E-state index contributed by atoms with van der Waals surface area (Å²) >= 11 is 4.95. The lowest BCUT2D eigenvalue weighted by molar-refractivity contribution is 0.130. The Balaban J connectivity index is 2.16. The van der Waals surface area contributed by atoms with Crippen LogP contribution in [0.5, 0.6) is 0 Å². The molecule has 0 unspecified atom stereocenters. The quantitative estimate of drug-likeness (QED) is 0.490. The largest absolute Gasteiger partial charge is 0.359 e. The van der Waals surface area contributed by atoms with Crippen molar-refractivity contribution in [3.05, 3.63) is 12.7 Å². The minimum Gasteiger partial charge on any atom is -0.359 e. The fourth-order valence-electron chi connectivity index (χ4n) is 0.862. The molecular formula is C7H11FN2S. The van der Waals surface area contributed by atoms with E-state index in [-0.39, 0.29) is 0 Å². The predicted octanol–water partition coefficient (Wildman–Crippen LogP) is 0.701. The molecule has 1 saturated heterocycles. The van der Waals surface area contributed by atoms with Gasteiger partial charge in [0.15, 0.2) is 5.11 Å². The highest BCUT2D eigenvalue weighted by atomic mass is 32.1. The number of hydrogen-bond acceptors (Lipinski definition) is 1. The van der Waals surface area contributed by atoms with Crippen LogP contribution < -0.4 is 5.32 Å². The zero-order valence-corrected chi connectivity index (χ0v) is 7.03. The van der Waals surface area contributed by atoms with Gasteiger partial charge in [0.05, 0.1) is 13.1 Å². The third kappa shape index (κ3) is 2.15. The maximum Gasteiger partial charge on any atom is 0.169 e. The molecule has 1 aliphatic heterocycles. The van der Waals surface area contributed by atoms with E-state index in [0.29, 0.717) is 24.7 Å². The summed E-state index contributed by atoms with van der Waals surface area (Å²) in [5.41, 5.74) is 0. The summed E-state index contributed by atoms with van der Waals surface area (Å²) in [6, 6.07) is 0. The summed E-state index contributed by atoms with van der Waals surface area (Å²) < 4.78 is 12.3. The molecule has 0 radical (unpaired) electrons. The van der Waals surface area contributed by atoms with Gasteiger partial charge in [-0.3, -0.25) is 0 Å². The molecule has 0 saturated carbocycles. The van der Waals surface area contributed by atoms with Gasteiger partial charge in [-0.2, -0.15) is 0 Å². The van der Waals surface area contributed by atoms with Crippen LogP contribution in [0.4, 0.5) is 4.39 Å². The van der Waals surface area contributed by atoms with Crippen LogP contribution in [0.3, 0.4) is 0 Å². The minimum absolute atomic E-state index is 0.434. The van der Waals surface area contributed by atoms with E-state index >= 15 is 0 Å². The van der Waals surface area contributed by atoms with E-state index in [1.807, 2.05) is 0 Å². The molecule has 1 aliphatic rings. The van der Waals surface area contributed by atoms with Crippen molar-refractivity contribution in [3.63, 3.8) is 0 Å². The van der Waals surface area contributed by atoms with Crippen molar-refractivity contribution in [2.75, 3.05) is 19.6 Å².